The van der Waals surface area contributed by atoms with Crippen molar-refractivity contribution in [1.29, 1.82) is 0 Å². The largest absolute Gasteiger partial charge is 0.467 e. The van der Waals surface area contributed by atoms with E-state index < -0.39 is 12.1 Å². The van der Waals surface area contributed by atoms with Gasteiger partial charge in [0, 0.05) is 12.3 Å². The Bertz CT molecular complexity index is 360. The van der Waals surface area contributed by atoms with Crippen LogP contribution in [-0.2, 0) is 14.3 Å². The second kappa shape index (κ2) is 4.95. The minimum absolute atomic E-state index is 0.183. The van der Waals surface area contributed by atoms with Crippen molar-refractivity contribution in [1.82, 2.24) is 10.2 Å². The molecule has 2 amide bonds. The molecule has 2 saturated heterocycles. The van der Waals surface area contributed by atoms with Crippen LogP contribution in [0.5, 0.6) is 0 Å². The number of methoxy groups -OCH3 is 1. The Morgan fingerprint density at radius 2 is 2.29 bits per heavy atom. The first-order valence-electron chi connectivity index (χ1n) is 5.45. The van der Waals surface area contributed by atoms with E-state index in [0.29, 0.717) is 18.7 Å². The Kier molecular flexibility index (Phi) is 3.56. The molecule has 7 heteroatoms. The first kappa shape index (κ1) is 12.2. The minimum atomic E-state index is -0.502. The predicted octanol–water partition coefficient (Wildman–Crippen LogP) is -0.0246. The maximum Gasteiger partial charge on any atom is 0.328 e. The number of rotatable bonds is 2. The zero-order valence-electron chi connectivity index (χ0n) is 9.47. The number of carbonyl (C=O) groups is 3. The fraction of sp³-hybridized carbons (Fsp3) is 0.700. The summed E-state index contributed by atoms with van der Waals surface area (Å²) >= 11 is 1.09. The molecule has 0 saturated carbocycles. The summed E-state index contributed by atoms with van der Waals surface area (Å²) in [5.74, 6) is -0.133. The maximum absolute atomic E-state index is 12.1. The number of nitrogens with one attached hydrogen (secondary N) is 1. The molecule has 2 atom stereocenters. The number of thioether (sulfide) groups is 1. The number of esters is 1. The fourth-order valence-electron chi connectivity index (χ4n) is 2.13. The van der Waals surface area contributed by atoms with Gasteiger partial charge in [0.1, 0.15) is 12.1 Å². The molecular weight excluding hydrogens is 244 g/mol. The van der Waals surface area contributed by atoms with Crippen LogP contribution < -0.4 is 5.32 Å². The van der Waals surface area contributed by atoms with E-state index in [4.69, 9.17) is 0 Å². The van der Waals surface area contributed by atoms with E-state index in [1.165, 1.54) is 12.0 Å². The molecular formula is C10H14N2O4S. The number of likely N-dealkylation sites (tertiary alicyclic amines) is 1. The van der Waals surface area contributed by atoms with E-state index in [2.05, 4.69) is 10.1 Å². The van der Waals surface area contributed by atoms with E-state index in [-0.39, 0.29) is 17.1 Å². The third kappa shape index (κ3) is 2.38. The van der Waals surface area contributed by atoms with Crippen molar-refractivity contribution >= 4 is 28.9 Å². The molecule has 2 aliphatic rings. The first-order chi connectivity index (χ1) is 8.13. The van der Waals surface area contributed by atoms with E-state index in [1.54, 1.807) is 0 Å². The molecule has 0 aromatic carbocycles. The van der Waals surface area contributed by atoms with E-state index in [0.717, 1.165) is 18.2 Å². The van der Waals surface area contributed by atoms with Crippen molar-refractivity contribution in [3.8, 4) is 0 Å². The van der Waals surface area contributed by atoms with Crippen LogP contribution in [0.4, 0.5) is 4.79 Å². The van der Waals surface area contributed by atoms with Gasteiger partial charge in [-0.25, -0.2) is 4.79 Å². The second-order valence-corrected chi connectivity index (χ2v) is 5.00. The van der Waals surface area contributed by atoms with Gasteiger partial charge in [-0.05, 0) is 12.8 Å². The van der Waals surface area contributed by atoms with Gasteiger partial charge in [-0.15, -0.1) is 0 Å². The van der Waals surface area contributed by atoms with Crippen LogP contribution in [0.25, 0.3) is 0 Å². The molecule has 2 fully saturated rings. The molecule has 0 aliphatic carbocycles. The van der Waals surface area contributed by atoms with Crippen LogP contribution in [-0.4, -0.2) is 53.5 Å². The van der Waals surface area contributed by atoms with Gasteiger partial charge in [-0.3, -0.25) is 9.59 Å². The van der Waals surface area contributed by atoms with Crippen LogP contribution in [0.15, 0.2) is 0 Å². The molecule has 2 aliphatic heterocycles. The summed E-state index contributed by atoms with van der Waals surface area (Å²) < 4.78 is 4.67. The Labute approximate surface area is 103 Å². The topological polar surface area (TPSA) is 75.7 Å². The molecule has 6 nitrogen and oxygen atoms in total. The molecule has 2 rings (SSSR count). The van der Waals surface area contributed by atoms with Crippen molar-refractivity contribution in [3.05, 3.63) is 0 Å². The highest BCUT2D eigenvalue weighted by Gasteiger charge is 2.39. The lowest BCUT2D eigenvalue weighted by atomic mass is 10.2. The predicted molar refractivity (Wildman–Crippen MR) is 61.5 cm³/mol. The highest BCUT2D eigenvalue weighted by Crippen LogP contribution is 2.22. The molecule has 0 spiro atoms. The standard InChI is InChI=1S/C10H14N2O4S/c1-16-9(14)7-3-2-4-12(7)8(13)6-5-17-10(15)11-6/h6-7H,2-5H2,1H3,(H,11,15). The number of carbonyl (C=O) groups excluding carboxylic acids is 3. The Morgan fingerprint density at radius 3 is 2.88 bits per heavy atom. The Balaban J connectivity index is 2.03. The molecule has 94 valence electrons. The zero-order valence-corrected chi connectivity index (χ0v) is 10.3. The summed E-state index contributed by atoms with van der Waals surface area (Å²) in [5, 5.41) is 2.41. The van der Waals surface area contributed by atoms with E-state index in [1.807, 2.05) is 0 Å². The molecule has 0 bridgehead atoms. The molecule has 0 aromatic heterocycles. The lowest BCUT2D eigenvalue weighted by molar-refractivity contribution is -0.151. The number of hydrogen-bond acceptors (Lipinski definition) is 5. The van der Waals surface area contributed by atoms with Crippen molar-refractivity contribution in [2.24, 2.45) is 0 Å². The summed E-state index contributed by atoms with van der Waals surface area (Å²) in [6.45, 7) is 0.551. The SMILES string of the molecule is COC(=O)C1CCCN1C(=O)C1CSC(=O)N1. The lowest BCUT2D eigenvalue weighted by Crippen LogP contribution is -2.49. The average molecular weight is 258 g/mol. The van der Waals surface area contributed by atoms with Gasteiger partial charge in [0.25, 0.3) is 5.24 Å². The van der Waals surface area contributed by atoms with Crippen LogP contribution in [0.3, 0.4) is 0 Å². The average Bonchev–Trinajstić information content (AvgIpc) is 2.95. The number of ether oxygens (including phenoxy) is 1. The summed E-state index contributed by atoms with van der Waals surface area (Å²) in [5.41, 5.74) is 0. The van der Waals surface area contributed by atoms with Crippen molar-refractivity contribution < 1.29 is 19.1 Å². The number of amides is 2. The Hall–Kier alpha value is -1.24. The number of hydrogen-bond donors (Lipinski definition) is 1. The molecule has 1 N–H and O–H groups in total. The lowest BCUT2D eigenvalue weighted by Gasteiger charge is -2.25. The van der Waals surface area contributed by atoms with Crippen molar-refractivity contribution in [2.75, 3.05) is 19.4 Å². The quantitative estimate of drug-likeness (QED) is 0.704. The first-order valence-corrected chi connectivity index (χ1v) is 6.43. The normalized spacial score (nSPS) is 28.1. The van der Waals surface area contributed by atoms with Crippen LogP contribution >= 0.6 is 11.8 Å². The Morgan fingerprint density at radius 1 is 1.53 bits per heavy atom. The van der Waals surface area contributed by atoms with Crippen molar-refractivity contribution in [2.45, 2.75) is 24.9 Å². The molecule has 2 heterocycles. The van der Waals surface area contributed by atoms with E-state index >= 15 is 0 Å². The monoisotopic (exact) mass is 258 g/mol. The second-order valence-electron chi connectivity index (χ2n) is 4.01. The zero-order chi connectivity index (χ0) is 12.4. The minimum Gasteiger partial charge on any atom is -0.467 e. The van der Waals surface area contributed by atoms with Gasteiger partial charge in [-0.1, -0.05) is 11.8 Å². The van der Waals surface area contributed by atoms with Gasteiger partial charge in [0.15, 0.2) is 0 Å². The molecule has 0 aromatic rings. The summed E-state index contributed by atoms with van der Waals surface area (Å²) in [4.78, 5) is 36.2. The summed E-state index contributed by atoms with van der Waals surface area (Å²) in [7, 11) is 1.32. The molecule has 17 heavy (non-hydrogen) atoms. The summed E-state index contributed by atoms with van der Waals surface area (Å²) in [6, 6.07) is -0.993. The van der Waals surface area contributed by atoms with Gasteiger partial charge in [0.05, 0.1) is 7.11 Å². The fourth-order valence-corrected chi connectivity index (χ4v) is 2.90. The number of nitrogens with zero attached hydrogens (tertiary/aromatic N) is 1. The van der Waals surface area contributed by atoms with Gasteiger partial charge >= 0.3 is 5.97 Å². The van der Waals surface area contributed by atoms with Gasteiger partial charge in [-0.2, -0.15) is 0 Å². The van der Waals surface area contributed by atoms with Crippen LogP contribution in [0, 0.1) is 0 Å². The van der Waals surface area contributed by atoms with E-state index in [9.17, 15) is 14.4 Å². The third-order valence-corrected chi connectivity index (χ3v) is 3.86. The highest BCUT2D eigenvalue weighted by atomic mass is 32.2. The maximum atomic E-state index is 12.1. The van der Waals surface area contributed by atoms with Crippen LogP contribution in [0.2, 0.25) is 0 Å². The van der Waals surface area contributed by atoms with Crippen LogP contribution in [0.1, 0.15) is 12.8 Å². The molecule has 2 unspecified atom stereocenters. The molecule has 0 radical (unpaired) electrons. The van der Waals surface area contributed by atoms with Gasteiger partial charge < -0.3 is 15.0 Å². The third-order valence-electron chi connectivity index (χ3n) is 2.98. The van der Waals surface area contributed by atoms with Gasteiger partial charge in [0.2, 0.25) is 5.91 Å². The smallest absolute Gasteiger partial charge is 0.328 e. The highest BCUT2D eigenvalue weighted by molar-refractivity contribution is 8.14. The van der Waals surface area contributed by atoms with Crippen molar-refractivity contribution in [3.63, 3.8) is 0 Å². The summed E-state index contributed by atoms with van der Waals surface area (Å²) in [6.07, 6.45) is 1.42.